The van der Waals surface area contributed by atoms with Crippen molar-refractivity contribution < 1.29 is 9.90 Å². The molecule has 0 radical (unpaired) electrons. The van der Waals surface area contributed by atoms with Crippen LogP contribution >= 0.6 is 0 Å². The number of nitrogens with zero attached hydrogens (tertiary/aromatic N) is 2. The minimum Gasteiger partial charge on any atom is -0.481 e. The number of aromatic nitrogens is 2. The van der Waals surface area contributed by atoms with Crippen molar-refractivity contribution >= 4 is 24.1 Å². The van der Waals surface area contributed by atoms with E-state index >= 15 is 0 Å². The number of carbonyl (C=O) groups is 1. The van der Waals surface area contributed by atoms with Gasteiger partial charge in [-0.25, -0.2) is 9.97 Å². The SMILES string of the molecule is C=Cc1cc(C=C)nc(NCCCCCCCCCCCC(=O)O)n1. The molecule has 0 saturated carbocycles. The van der Waals surface area contributed by atoms with Crippen molar-refractivity contribution in [3.05, 3.63) is 30.6 Å². The van der Waals surface area contributed by atoms with Gasteiger partial charge in [-0.3, -0.25) is 4.79 Å². The van der Waals surface area contributed by atoms with Crippen LogP contribution in [0.2, 0.25) is 0 Å². The summed E-state index contributed by atoms with van der Waals surface area (Å²) in [6, 6.07) is 1.85. The van der Waals surface area contributed by atoms with Gasteiger partial charge in [0.05, 0.1) is 11.4 Å². The molecule has 0 aliphatic heterocycles. The highest BCUT2D eigenvalue weighted by Gasteiger charge is 2.00. The van der Waals surface area contributed by atoms with E-state index in [1.807, 2.05) is 6.07 Å². The van der Waals surface area contributed by atoms with Crippen LogP contribution in [0.25, 0.3) is 12.2 Å². The van der Waals surface area contributed by atoms with Crippen LogP contribution in [0.1, 0.15) is 75.6 Å². The Morgan fingerprint density at radius 1 is 0.920 bits per heavy atom. The molecule has 2 N–H and O–H groups in total. The minimum atomic E-state index is -0.684. The summed E-state index contributed by atoms with van der Waals surface area (Å²) < 4.78 is 0. The molecule has 25 heavy (non-hydrogen) atoms. The second-order valence-corrected chi connectivity index (χ2v) is 6.20. The molecule has 1 aromatic rings. The molecule has 0 saturated heterocycles. The van der Waals surface area contributed by atoms with Gasteiger partial charge in [0.25, 0.3) is 0 Å². The van der Waals surface area contributed by atoms with Gasteiger partial charge in [0.1, 0.15) is 0 Å². The summed E-state index contributed by atoms with van der Waals surface area (Å²) in [5.74, 6) is -0.0513. The Hall–Kier alpha value is -2.17. The first-order chi connectivity index (χ1) is 12.2. The number of hydrogen-bond acceptors (Lipinski definition) is 4. The summed E-state index contributed by atoms with van der Waals surface area (Å²) in [5, 5.41) is 11.8. The fraction of sp³-hybridized carbons (Fsp3) is 0.550. The third-order valence-electron chi connectivity index (χ3n) is 4.03. The fourth-order valence-corrected chi connectivity index (χ4v) is 2.61. The van der Waals surface area contributed by atoms with E-state index in [0.717, 1.165) is 43.6 Å². The summed E-state index contributed by atoms with van der Waals surface area (Å²) in [4.78, 5) is 19.1. The zero-order valence-corrected chi connectivity index (χ0v) is 15.2. The lowest BCUT2D eigenvalue weighted by Crippen LogP contribution is -2.06. The van der Waals surface area contributed by atoms with Crippen molar-refractivity contribution in [2.45, 2.75) is 64.2 Å². The van der Waals surface area contributed by atoms with E-state index in [-0.39, 0.29) is 0 Å². The molecule has 0 fully saturated rings. The summed E-state index contributed by atoms with van der Waals surface area (Å²) in [7, 11) is 0. The molecule has 0 spiro atoms. The van der Waals surface area contributed by atoms with Crippen LogP contribution in [-0.2, 0) is 4.79 Å². The van der Waals surface area contributed by atoms with E-state index in [0.29, 0.717) is 12.4 Å². The summed E-state index contributed by atoms with van der Waals surface area (Å²) >= 11 is 0. The van der Waals surface area contributed by atoms with Crippen LogP contribution in [0.5, 0.6) is 0 Å². The predicted molar refractivity (Wildman–Crippen MR) is 105 cm³/mol. The molecule has 0 bridgehead atoms. The number of carboxylic acids is 1. The number of nitrogens with one attached hydrogen (secondary N) is 1. The summed E-state index contributed by atoms with van der Waals surface area (Å²) in [5.41, 5.74) is 1.60. The Balaban J connectivity index is 2.01. The standard InChI is InChI=1S/C20H31N3O2/c1-3-17-16-18(4-2)23-20(22-17)21-15-13-11-9-7-5-6-8-10-12-14-19(24)25/h3-4,16H,1-2,5-15H2,(H,24,25)(H,21,22,23). The zero-order valence-electron chi connectivity index (χ0n) is 15.2. The predicted octanol–water partition coefficient (Wildman–Crippen LogP) is 5.16. The molecule has 1 rings (SSSR count). The van der Waals surface area contributed by atoms with Crippen molar-refractivity contribution in [2.24, 2.45) is 0 Å². The Labute approximate surface area is 151 Å². The van der Waals surface area contributed by atoms with Crippen LogP contribution in [0.4, 0.5) is 5.95 Å². The van der Waals surface area contributed by atoms with Crippen molar-refractivity contribution in [2.75, 3.05) is 11.9 Å². The largest absolute Gasteiger partial charge is 0.481 e. The van der Waals surface area contributed by atoms with Gasteiger partial charge in [-0.15, -0.1) is 0 Å². The van der Waals surface area contributed by atoms with Crippen molar-refractivity contribution in [3.63, 3.8) is 0 Å². The molecule has 1 heterocycles. The van der Waals surface area contributed by atoms with Crippen LogP contribution in [-0.4, -0.2) is 27.6 Å². The first-order valence-electron chi connectivity index (χ1n) is 9.25. The normalized spacial score (nSPS) is 10.4. The molecule has 0 unspecified atom stereocenters. The van der Waals surface area contributed by atoms with Gasteiger partial charge in [0.2, 0.25) is 5.95 Å². The third-order valence-corrected chi connectivity index (χ3v) is 4.03. The molecule has 1 aromatic heterocycles. The van der Waals surface area contributed by atoms with Crippen molar-refractivity contribution in [3.8, 4) is 0 Å². The Kier molecular flexibility index (Phi) is 11.0. The molecule has 138 valence electrons. The van der Waals surface area contributed by atoms with E-state index in [9.17, 15) is 4.79 Å². The molecule has 0 atom stereocenters. The number of unbranched alkanes of at least 4 members (excludes halogenated alkanes) is 8. The Morgan fingerprint density at radius 2 is 1.40 bits per heavy atom. The lowest BCUT2D eigenvalue weighted by atomic mass is 10.1. The highest BCUT2D eigenvalue weighted by molar-refractivity contribution is 5.66. The van der Waals surface area contributed by atoms with Crippen molar-refractivity contribution in [1.82, 2.24) is 9.97 Å². The van der Waals surface area contributed by atoms with Crippen LogP contribution in [0.15, 0.2) is 19.2 Å². The quantitative estimate of drug-likeness (QED) is 0.429. The lowest BCUT2D eigenvalue weighted by Gasteiger charge is -2.07. The topological polar surface area (TPSA) is 75.1 Å². The average molecular weight is 345 g/mol. The van der Waals surface area contributed by atoms with Crippen molar-refractivity contribution in [1.29, 1.82) is 0 Å². The highest BCUT2D eigenvalue weighted by Crippen LogP contribution is 2.11. The lowest BCUT2D eigenvalue weighted by molar-refractivity contribution is -0.137. The fourth-order valence-electron chi connectivity index (χ4n) is 2.61. The van der Waals surface area contributed by atoms with Crippen LogP contribution < -0.4 is 5.32 Å². The minimum absolute atomic E-state index is 0.306. The zero-order chi connectivity index (χ0) is 18.3. The highest BCUT2D eigenvalue weighted by atomic mass is 16.4. The van der Waals surface area contributed by atoms with E-state index in [1.165, 1.54) is 32.1 Å². The van der Waals surface area contributed by atoms with Gasteiger partial charge in [0.15, 0.2) is 0 Å². The summed E-state index contributed by atoms with van der Waals surface area (Å²) in [6.45, 7) is 8.34. The molecular formula is C20H31N3O2. The van der Waals surface area contributed by atoms with Gasteiger partial charge in [-0.2, -0.15) is 0 Å². The van der Waals surface area contributed by atoms with Gasteiger partial charge >= 0.3 is 5.97 Å². The molecule has 5 heteroatoms. The number of anilines is 1. The van der Waals surface area contributed by atoms with Gasteiger partial charge in [0, 0.05) is 13.0 Å². The number of hydrogen-bond donors (Lipinski definition) is 2. The van der Waals surface area contributed by atoms with E-state index in [2.05, 4.69) is 28.4 Å². The molecule has 0 aliphatic carbocycles. The van der Waals surface area contributed by atoms with E-state index in [1.54, 1.807) is 12.2 Å². The van der Waals surface area contributed by atoms with Gasteiger partial charge < -0.3 is 10.4 Å². The molecule has 0 aromatic carbocycles. The molecule has 0 aliphatic rings. The molecular weight excluding hydrogens is 314 g/mol. The second-order valence-electron chi connectivity index (χ2n) is 6.20. The maximum absolute atomic E-state index is 10.4. The number of rotatable bonds is 15. The Bertz CT molecular complexity index is 517. The molecule has 0 amide bonds. The Morgan fingerprint density at radius 3 is 1.88 bits per heavy atom. The van der Waals surface area contributed by atoms with Gasteiger partial charge in [-0.05, 0) is 31.1 Å². The summed E-state index contributed by atoms with van der Waals surface area (Å²) in [6.07, 6.45) is 14.0. The first kappa shape index (κ1) is 20.9. The monoisotopic (exact) mass is 345 g/mol. The molecule has 5 nitrogen and oxygen atoms in total. The third kappa shape index (κ3) is 10.3. The maximum Gasteiger partial charge on any atom is 0.303 e. The smallest absolute Gasteiger partial charge is 0.303 e. The first-order valence-corrected chi connectivity index (χ1v) is 9.25. The number of carboxylic acid groups (broad SMARTS) is 1. The average Bonchev–Trinajstić information content (AvgIpc) is 2.62. The second kappa shape index (κ2) is 13.2. The van der Waals surface area contributed by atoms with E-state index < -0.39 is 5.97 Å². The maximum atomic E-state index is 10.4. The van der Waals surface area contributed by atoms with Crippen LogP contribution in [0, 0.1) is 0 Å². The van der Waals surface area contributed by atoms with E-state index in [4.69, 9.17) is 5.11 Å². The number of aliphatic carboxylic acids is 1. The van der Waals surface area contributed by atoms with Gasteiger partial charge in [-0.1, -0.05) is 58.1 Å². The van der Waals surface area contributed by atoms with Crippen LogP contribution in [0.3, 0.4) is 0 Å².